The molecule has 0 bridgehead atoms. The van der Waals surface area contributed by atoms with Gasteiger partial charge >= 0.3 is 0 Å². The van der Waals surface area contributed by atoms with Gasteiger partial charge in [0.2, 0.25) is 0 Å². The summed E-state index contributed by atoms with van der Waals surface area (Å²) in [7, 11) is 1.64. The van der Waals surface area contributed by atoms with E-state index in [1.807, 2.05) is 25.1 Å². The van der Waals surface area contributed by atoms with Crippen molar-refractivity contribution in [3.8, 4) is 5.75 Å². The van der Waals surface area contributed by atoms with Crippen LogP contribution in [0.3, 0.4) is 0 Å². The highest BCUT2D eigenvalue weighted by molar-refractivity contribution is 9.10. The van der Waals surface area contributed by atoms with Crippen molar-refractivity contribution in [2.24, 2.45) is 5.92 Å². The van der Waals surface area contributed by atoms with Crippen molar-refractivity contribution < 1.29 is 9.53 Å². The quantitative estimate of drug-likeness (QED) is 0.826. The summed E-state index contributed by atoms with van der Waals surface area (Å²) in [5.41, 5.74) is 1.16. The number of carbonyl (C=O) groups is 1. The second kappa shape index (κ2) is 6.04. The van der Waals surface area contributed by atoms with Crippen LogP contribution < -0.4 is 4.74 Å². The molecule has 1 aromatic carbocycles. The van der Waals surface area contributed by atoms with E-state index in [2.05, 4.69) is 15.9 Å². The molecule has 1 aromatic rings. The van der Waals surface area contributed by atoms with E-state index >= 15 is 0 Å². The minimum atomic E-state index is 0.125. The second-order valence-corrected chi connectivity index (χ2v) is 4.74. The molecule has 0 saturated heterocycles. The zero-order valence-electron chi connectivity index (χ0n) is 9.92. The van der Waals surface area contributed by atoms with Crippen LogP contribution in [0.4, 0.5) is 0 Å². The van der Waals surface area contributed by atoms with Crippen molar-refractivity contribution >= 4 is 21.7 Å². The van der Waals surface area contributed by atoms with Crippen molar-refractivity contribution in [1.82, 2.24) is 0 Å². The molecule has 1 atom stereocenters. The van der Waals surface area contributed by atoms with Crippen LogP contribution in [-0.4, -0.2) is 12.9 Å². The number of ether oxygens (including phenoxy) is 1. The SMILES string of the molecule is CCC(Cc1ccc(OC)c(Br)c1)C(C)=O. The number of carbonyl (C=O) groups excluding carboxylic acids is 1. The Morgan fingerprint density at radius 2 is 2.19 bits per heavy atom. The molecule has 0 aliphatic rings. The Morgan fingerprint density at radius 1 is 1.50 bits per heavy atom. The lowest BCUT2D eigenvalue weighted by atomic mass is 9.94. The first kappa shape index (κ1) is 13.2. The lowest BCUT2D eigenvalue weighted by Gasteiger charge is -2.12. The number of rotatable bonds is 5. The summed E-state index contributed by atoms with van der Waals surface area (Å²) in [6.45, 7) is 3.71. The number of Topliss-reactive ketones (excluding diaryl/α,β-unsaturated/α-hetero) is 1. The molecule has 16 heavy (non-hydrogen) atoms. The molecule has 0 heterocycles. The van der Waals surface area contributed by atoms with E-state index in [1.165, 1.54) is 0 Å². The maximum Gasteiger partial charge on any atom is 0.133 e. The molecule has 0 aliphatic heterocycles. The van der Waals surface area contributed by atoms with Gasteiger partial charge in [-0.2, -0.15) is 0 Å². The van der Waals surface area contributed by atoms with Gasteiger partial charge in [0.05, 0.1) is 11.6 Å². The van der Waals surface area contributed by atoms with Crippen molar-refractivity contribution in [3.63, 3.8) is 0 Å². The van der Waals surface area contributed by atoms with Crippen LogP contribution in [0.5, 0.6) is 5.75 Å². The topological polar surface area (TPSA) is 26.3 Å². The van der Waals surface area contributed by atoms with Crippen LogP contribution in [0.1, 0.15) is 25.8 Å². The average molecular weight is 285 g/mol. The maximum absolute atomic E-state index is 11.4. The van der Waals surface area contributed by atoms with Crippen LogP contribution in [0, 0.1) is 5.92 Å². The molecule has 88 valence electrons. The summed E-state index contributed by atoms with van der Waals surface area (Å²) in [6, 6.07) is 5.95. The van der Waals surface area contributed by atoms with Crippen LogP contribution in [0.2, 0.25) is 0 Å². The van der Waals surface area contributed by atoms with Gasteiger partial charge in [-0.15, -0.1) is 0 Å². The molecule has 0 fully saturated rings. The van der Waals surface area contributed by atoms with Crippen molar-refractivity contribution in [1.29, 1.82) is 0 Å². The fourth-order valence-electron chi connectivity index (χ4n) is 1.70. The third kappa shape index (κ3) is 3.34. The predicted molar refractivity (Wildman–Crippen MR) is 68.9 cm³/mol. The first-order valence-electron chi connectivity index (χ1n) is 5.41. The first-order valence-corrected chi connectivity index (χ1v) is 6.20. The molecule has 1 rings (SSSR count). The normalized spacial score (nSPS) is 12.2. The summed E-state index contributed by atoms with van der Waals surface area (Å²) in [5, 5.41) is 0. The summed E-state index contributed by atoms with van der Waals surface area (Å²) in [4.78, 5) is 11.4. The fourth-order valence-corrected chi connectivity index (χ4v) is 2.28. The van der Waals surface area contributed by atoms with Gasteiger partial charge in [-0.1, -0.05) is 13.0 Å². The van der Waals surface area contributed by atoms with Gasteiger partial charge in [-0.05, 0) is 53.4 Å². The van der Waals surface area contributed by atoms with E-state index in [0.29, 0.717) is 0 Å². The van der Waals surface area contributed by atoms with Gasteiger partial charge in [0.15, 0.2) is 0 Å². The Kier molecular flexibility index (Phi) is 5.00. The number of benzene rings is 1. The lowest BCUT2D eigenvalue weighted by molar-refractivity contribution is -0.120. The summed E-state index contributed by atoms with van der Waals surface area (Å²) in [6.07, 6.45) is 1.69. The van der Waals surface area contributed by atoms with E-state index in [1.54, 1.807) is 14.0 Å². The summed E-state index contributed by atoms with van der Waals surface area (Å²) < 4.78 is 6.10. The Bertz CT molecular complexity index is 374. The van der Waals surface area contributed by atoms with Crippen molar-refractivity contribution in [2.75, 3.05) is 7.11 Å². The summed E-state index contributed by atoms with van der Waals surface area (Å²) in [5.74, 6) is 1.20. The largest absolute Gasteiger partial charge is 0.496 e. The van der Waals surface area contributed by atoms with E-state index < -0.39 is 0 Å². The Hall–Kier alpha value is -0.830. The van der Waals surface area contributed by atoms with E-state index in [0.717, 1.165) is 28.6 Å². The zero-order chi connectivity index (χ0) is 12.1. The van der Waals surface area contributed by atoms with Gasteiger partial charge in [0.1, 0.15) is 11.5 Å². The van der Waals surface area contributed by atoms with Crippen LogP contribution >= 0.6 is 15.9 Å². The highest BCUT2D eigenvalue weighted by atomic mass is 79.9. The monoisotopic (exact) mass is 284 g/mol. The van der Waals surface area contributed by atoms with Gasteiger partial charge in [0, 0.05) is 5.92 Å². The molecule has 0 amide bonds. The first-order chi connectivity index (χ1) is 7.58. The van der Waals surface area contributed by atoms with E-state index in [4.69, 9.17) is 4.74 Å². The number of hydrogen-bond acceptors (Lipinski definition) is 2. The van der Waals surface area contributed by atoms with Crippen molar-refractivity contribution in [2.45, 2.75) is 26.7 Å². The van der Waals surface area contributed by atoms with Crippen LogP contribution in [-0.2, 0) is 11.2 Å². The van der Waals surface area contributed by atoms with Crippen molar-refractivity contribution in [3.05, 3.63) is 28.2 Å². The number of hydrogen-bond donors (Lipinski definition) is 0. The van der Waals surface area contributed by atoms with Crippen LogP contribution in [0.25, 0.3) is 0 Å². The minimum Gasteiger partial charge on any atom is -0.496 e. The molecule has 3 heteroatoms. The van der Waals surface area contributed by atoms with E-state index in [9.17, 15) is 4.79 Å². The molecule has 0 spiro atoms. The number of ketones is 1. The minimum absolute atomic E-state index is 0.125. The Morgan fingerprint density at radius 3 is 2.62 bits per heavy atom. The van der Waals surface area contributed by atoms with Gasteiger partial charge in [0.25, 0.3) is 0 Å². The smallest absolute Gasteiger partial charge is 0.133 e. The standard InChI is InChI=1S/C13H17BrO2/c1-4-11(9(2)15)7-10-5-6-13(16-3)12(14)8-10/h5-6,8,11H,4,7H2,1-3H3. The second-order valence-electron chi connectivity index (χ2n) is 3.89. The van der Waals surface area contributed by atoms with E-state index in [-0.39, 0.29) is 11.7 Å². The molecule has 0 N–H and O–H groups in total. The maximum atomic E-state index is 11.4. The zero-order valence-corrected chi connectivity index (χ0v) is 11.5. The van der Waals surface area contributed by atoms with Gasteiger partial charge in [-0.25, -0.2) is 0 Å². The molecule has 0 saturated carbocycles. The third-order valence-corrected chi connectivity index (χ3v) is 3.39. The molecule has 0 aromatic heterocycles. The number of halogens is 1. The average Bonchev–Trinajstić information content (AvgIpc) is 2.25. The lowest BCUT2D eigenvalue weighted by Crippen LogP contribution is -2.12. The molecule has 2 nitrogen and oxygen atoms in total. The van der Waals surface area contributed by atoms with Crippen LogP contribution in [0.15, 0.2) is 22.7 Å². The molecule has 1 unspecified atom stereocenters. The van der Waals surface area contributed by atoms with Gasteiger partial charge < -0.3 is 4.74 Å². The molecular formula is C13H17BrO2. The highest BCUT2D eigenvalue weighted by Crippen LogP contribution is 2.27. The Labute approximate surface area is 105 Å². The predicted octanol–water partition coefficient (Wildman–Crippen LogP) is 3.62. The molecule has 0 aliphatic carbocycles. The molecular weight excluding hydrogens is 268 g/mol. The summed E-state index contributed by atoms with van der Waals surface area (Å²) >= 11 is 3.45. The Balaban J connectivity index is 2.81. The fraction of sp³-hybridized carbons (Fsp3) is 0.462. The third-order valence-electron chi connectivity index (χ3n) is 2.77. The number of methoxy groups -OCH3 is 1. The van der Waals surface area contributed by atoms with Gasteiger partial charge in [-0.3, -0.25) is 4.79 Å². The highest BCUT2D eigenvalue weighted by Gasteiger charge is 2.13. The molecule has 0 radical (unpaired) electrons.